The summed E-state index contributed by atoms with van der Waals surface area (Å²) in [6, 6.07) is 11.9. The van der Waals surface area contributed by atoms with Crippen LogP contribution in [0.3, 0.4) is 0 Å². The highest BCUT2D eigenvalue weighted by Gasteiger charge is 2.12. The molecule has 2 rings (SSSR count). The Hall–Kier alpha value is -1.94. The third-order valence-corrected chi connectivity index (χ3v) is 3.02. The average molecular weight is 272 g/mol. The van der Waals surface area contributed by atoms with Gasteiger partial charge >= 0.3 is 5.97 Å². The zero-order valence-electron chi connectivity index (χ0n) is 11.9. The largest absolute Gasteiger partial charge is 0.480 e. The van der Waals surface area contributed by atoms with Crippen molar-refractivity contribution in [3.8, 4) is 0 Å². The van der Waals surface area contributed by atoms with E-state index >= 15 is 0 Å². The number of para-hydroxylation sites is 1. The van der Waals surface area contributed by atoms with Crippen LogP contribution in [0.15, 0.2) is 36.4 Å². The van der Waals surface area contributed by atoms with E-state index in [9.17, 15) is 4.79 Å². The maximum Gasteiger partial charge on any atom is 0.317 e. The van der Waals surface area contributed by atoms with E-state index in [4.69, 9.17) is 5.11 Å². The van der Waals surface area contributed by atoms with Crippen LogP contribution >= 0.6 is 0 Å². The molecular weight excluding hydrogens is 252 g/mol. The Morgan fingerprint density at radius 2 is 2.00 bits per heavy atom. The first-order valence-corrected chi connectivity index (χ1v) is 6.83. The van der Waals surface area contributed by atoms with Crippen LogP contribution in [0.5, 0.6) is 0 Å². The van der Waals surface area contributed by atoms with E-state index < -0.39 is 5.97 Å². The minimum absolute atomic E-state index is 0.0483. The molecule has 0 radical (unpaired) electrons. The van der Waals surface area contributed by atoms with Gasteiger partial charge in [0.2, 0.25) is 0 Å². The molecule has 1 aromatic carbocycles. The molecule has 4 nitrogen and oxygen atoms in total. The maximum atomic E-state index is 10.9. The number of carbonyl (C=O) groups is 1. The molecule has 0 saturated heterocycles. The highest BCUT2D eigenvalue weighted by molar-refractivity contribution is 5.78. The molecule has 0 aliphatic heterocycles. The Balaban J connectivity index is 2.16. The second-order valence-electron chi connectivity index (χ2n) is 5.45. The molecule has 106 valence electrons. The van der Waals surface area contributed by atoms with Crippen molar-refractivity contribution in [2.75, 3.05) is 13.1 Å². The molecule has 20 heavy (non-hydrogen) atoms. The lowest BCUT2D eigenvalue weighted by molar-refractivity contribution is -0.138. The fourth-order valence-corrected chi connectivity index (χ4v) is 2.32. The Kier molecular flexibility index (Phi) is 4.69. The van der Waals surface area contributed by atoms with Crippen LogP contribution in [-0.4, -0.2) is 34.0 Å². The van der Waals surface area contributed by atoms with Crippen LogP contribution in [0, 0.1) is 5.92 Å². The molecule has 0 unspecified atom stereocenters. The van der Waals surface area contributed by atoms with Crippen molar-refractivity contribution < 1.29 is 9.90 Å². The van der Waals surface area contributed by atoms with Gasteiger partial charge in [0.15, 0.2) is 0 Å². The van der Waals surface area contributed by atoms with Crippen LogP contribution in [-0.2, 0) is 11.3 Å². The van der Waals surface area contributed by atoms with Crippen LogP contribution in [0.2, 0.25) is 0 Å². The zero-order chi connectivity index (χ0) is 14.5. The monoisotopic (exact) mass is 272 g/mol. The molecule has 1 heterocycles. The molecule has 0 spiro atoms. The Bertz CT molecular complexity index is 596. The highest BCUT2D eigenvalue weighted by Crippen LogP contribution is 2.13. The van der Waals surface area contributed by atoms with Crippen molar-refractivity contribution in [3.63, 3.8) is 0 Å². The number of hydrogen-bond acceptors (Lipinski definition) is 3. The van der Waals surface area contributed by atoms with Gasteiger partial charge in [-0.25, -0.2) is 0 Å². The Morgan fingerprint density at radius 1 is 1.25 bits per heavy atom. The fourth-order valence-electron chi connectivity index (χ4n) is 2.32. The molecule has 0 atom stereocenters. The first-order chi connectivity index (χ1) is 9.54. The smallest absolute Gasteiger partial charge is 0.317 e. The third-order valence-electron chi connectivity index (χ3n) is 3.02. The van der Waals surface area contributed by atoms with Gasteiger partial charge in [-0.1, -0.05) is 38.1 Å². The van der Waals surface area contributed by atoms with Crippen LogP contribution in [0.25, 0.3) is 10.9 Å². The number of pyridine rings is 1. The van der Waals surface area contributed by atoms with Crippen LogP contribution in [0.4, 0.5) is 0 Å². The summed E-state index contributed by atoms with van der Waals surface area (Å²) in [5.41, 5.74) is 1.86. The summed E-state index contributed by atoms with van der Waals surface area (Å²) in [6.45, 7) is 5.54. The number of hydrogen-bond donors (Lipinski definition) is 1. The van der Waals surface area contributed by atoms with Gasteiger partial charge in [-0.15, -0.1) is 0 Å². The number of benzene rings is 1. The summed E-state index contributed by atoms with van der Waals surface area (Å²) in [6.07, 6.45) is 0. The van der Waals surface area contributed by atoms with E-state index in [1.54, 1.807) is 0 Å². The van der Waals surface area contributed by atoms with Crippen molar-refractivity contribution in [2.45, 2.75) is 20.4 Å². The molecule has 0 saturated carbocycles. The molecule has 1 aromatic heterocycles. The number of aliphatic carboxylic acids is 1. The summed E-state index contributed by atoms with van der Waals surface area (Å²) < 4.78 is 0. The molecular formula is C16H20N2O2. The summed E-state index contributed by atoms with van der Waals surface area (Å²) in [7, 11) is 0. The lowest BCUT2D eigenvalue weighted by Crippen LogP contribution is -2.32. The van der Waals surface area contributed by atoms with Crippen LogP contribution in [0.1, 0.15) is 19.5 Å². The lowest BCUT2D eigenvalue weighted by atomic mass is 10.1. The number of carboxylic acids is 1. The van der Waals surface area contributed by atoms with Gasteiger partial charge in [0.1, 0.15) is 0 Å². The SMILES string of the molecule is CC(C)CN(CC(=O)O)Cc1ccc2ccccc2n1. The number of rotatable bonds is 6. The van der Waals surface area contributed by atoms with Gasteiger partial charge in [0.25, 0.3) is 0 Å². The Labute approximate surface area is 119 Å². The minimum Gasteiger partial charge on any atom is -0.480 e. The van der Waals surface area contributed by atoms with E-state index in [2.05, 4.69) is 18.8 Å². The fraction of sp³-hybridized carbons (Fsp3) is 0.375. The Morgan fingerprint density at radius 3 is 2.70 bits per heavy atom. The second kappa shape index (κ2) is 6.48. The predicted octanol–water partition coefficient (Wildman–Crippen LogP) is 2.78. The standard InChI is InChI=1S/C16H20N2O2/c1-12(2)9-18(11-16(19)20)10-14-8-7-13-5-3-4-6-15(13)17-14/h3-8,12H,9-11H2,1-2H3,(H,19,20). The molecule has 0 aliphatic carbocycles. The first kappa shape index (κ1) is 14.5. The molecule has 0 aliphatic rings. The molecule has 0 bridgehead atoms. The van der Waals surface area contributed by atoms with Gasteiger partial charge in [-0.2, -0.15) is 0 Å². The molecule has 0 amide bonds. The van der Waals surface area contributed by atoms with Gasteiger partial charge in [-0.3, -0.25) is 14.7 Å². The van der Waals surface area contributed by atoms with E-state index in [-0.39, 0.29) is 6.54 Å². The number of carboxylic acid groups (broad SMARTS) is 1. The third kappa shape index (κ3) is 4.03. The molecule has 0 fully saturated rings. The van der Waals surface area contributed by atoms with Crippen molar-refractivity contribution in [1.29, 1.82) is 0 Å². The van der Waals surface area contributed by atoms with Crippen LogP contribution < -0.4 is 0 Å². The van der Waals surface area contributed by atoms with E-state index in [0.717, 1.165) is 23.1 Å². The average Bonchev–Trinajstić information content (AvgIpc) is 2.37. The number of nitrogens with zero attached hydrogens (tertiary/aromatic N) is 2. The van der Waals surface area contributed by atoms with Crippen molar-refractivity contribution in [1.82, 2.24) is 9.88 Å². The maximum absolute atomic E-state index is 10.9. The second-order valence-corrected chi connectivity index (χ2v) is 5.45. The molecule has 2 aromatic rings. The molecule has 1 N–H and O–H groups in total. The quantitative estimate of drug-likeness (QED) is 0.878. The van der Waals surface area contributed by atoms with Crippen molar-refractivity contribution in [3.05, 3.63) is 42.1 Å². The summed E-state index contributed by atoms with van der Waals surface area (Å²) >= 11 is 0. The van der Waals surface area contributed by atoms with Gasteiger partial charge in [0.05, 0.1) is 17.8 Å². The van der Waals surface area contributed by atoms with Gasteiger partial charge in [-0.05, 0) is 18.1 Å². The topological polar surface area (TPSA) is 53.4 Å². The normalized spacial score (nSPS) is 11.4. The highest BCUT2D eigenvalue weighted by atomic mass is 16.4. The molecule has 4 heteroatoms. The van der Waals surface area contributed by atoms with E-state index in [1.165, 1.54) is 0 Å². The van der Waals surface area contributed by atoms with E-state index in [0.29, 0.717) is 12.5 Å². The predicted molar refractivity (Wildman–Crippen MR) is 79.5 cm³/mol. The summed E-state index contributed by atoms with van der Waals surface area (Å²) in [5.74, 6) is -0.374. The minimum atomic E-state index is -0.800. The summed E-state index contributed by atoms with van der Waals surface area (Å²) in [5, 5.41) is 10.1. The van der Waals surface area contributed by atoms with Gasteiger partial charge < -0.3 is 5.11 Å². The first-order valence-electron chi connectivity index (χ1n) is 6.83. The van der Waals surface area contributed by atoms with Crippen molar-refractivity contribution in [2.24, 2.45) is 5.92 Å². The summed E-state index contributed by atoms with van der Waals surface area (Å²) in [4.78, 5) is 17.4. The van der Waals surface area contributed by atoms with Crippen molar-refractivity contribution >= 4 is 16.9 Å². The van der Waals surface area contributed by atoms with Gasteiger partial charge in [0, 0.05) is 18.5 Å². The lowest BCUT2D eigenvalue weighted by Gasteiger charge is -2.22. The zero-order valence-corrected chi connectivity index (χ0v) is 11.9. The number of fused-ring (bicyclic) bond motifs is 1. The van der Waals surface area contributed by atoms with E-state index in [1.807, 2.05) is 41.3 Å². The number of aromatic nitrogens is 1.